The van der Waals surface area contributed by atoms with Gasteiger partial charge in [-0.15, -0.1) is 0 Å². The maximum absolute atomic E-state index is 14.1. The Hall–Kier alpha value is -2.74. The zero-order valence-electron chi connectivity index (χ0n) is 15.9. The summed E-state index contributed by atoms with van der Waals surface area (Å²) in [5.41, 5.74) is 1.97. The molecule has 4 rings (SSSR count). The van der Waals surface area contributed by atoms with Gasteiger partial charge in [-0.05, 0) is 52.2 Å². The third-order valence-electron chi connectivity index (χ3n) is 5.67. The average molecular weight is 365 g/mol. The third kappa shape index (κ3) is 2.71. The van der Waals surface area contributed by atoms with E-state index in [1.54, 1.807) is 0 Å². The number of nitriles is 1. The fraction of sp³-hybridized carbons (Fsp3) is 0.409. The Balaban J connectivity index is 2.03. The molecule has 1 unspecified atom stereocenters. The molecule has 5 heteroatoms. The van der Waals surface area contributed by atoms with Gasteiger partial charge < -0.3 is 14.6 Å². The predicted molar refractivity (Wildman–Crippen MR) is 104 cm³/mol. The number of aromatic nitrogens is 1. The van der Waals surface area contributed by atoms with Gasteiger partial charge >= 0.3 is 0 Å². The molecular formula is C22H24FN3O. The van der Waals surface area contributed by atoms with E-state index >= 15 is 0 Å². The second-order valence-electron chi connectivity index (χ2n) is 8.40. The molecule has 2 heterocycles. The van der Waals surface area contributed by atoms with Crippen LogP contribution in [-0.2, 0) is 0 Å². The molecule has 1 aliphatic carbocycles. The highest BCUT2D eigenvalue weighted by atomic mass is 19.1. The van der Waals surface area contributed by atoms with Crippen LogP contribution in [0.25, 0.3) is 10.9 Å². The maximum Gasteiger partial charge on any atom is 0.165 e. The molecule has 1 aromatic heterocycles. The van der Waals surface area contributed by atoms with Gasteiger partial charge in [-0.2, -0.15) is 5.26 Å². The Kier molecular flexibility index (Phi) is 4.03. The van der Waals surface area contributed by atoms with Gasteiger partial charge in [0.1, 0.15) is 6.07 Å². The first-order chi connectivity index (χ1) is 12.8. The monoisotopic (exact) mass is 365 g/mol. The van der Waals surface area contributed by atoms with E-state index in [-0.39, 0.29) is 23.4 Å². The summed E-state index contributed by atoms with van der Waals surface area (Å²) in [5.74, 6) is -1.06. The zero-order valence-corrected chi connectivity index (χ0v) is 15.9. The van der Waals surface area contributed by atoms with Crippen molar-refractivity contribution in [2.75, 3.05) is 0 Å². The number of phenols is 1. The molecule has 0 saturated heterocycles. The summed E-state index contributed by atoms with van der Waals surface area (Å²) in [7, 11) is 0. The second kappa shape index (κ2) is 6.16. The van der Waals surface area contributed by atoms with Crippen molar-refractivity contribution in [2.45, 2.75) is 57.7 Å². The van der Waals surface area contributed by atoms with Crippen LogP contribution in [0.4, 0.5) is 4.39 Å². The number of benzene rings is 1. The molecule has 0 radical (unpaired) electrons. The van der Waals surface area contributed by atoms with Gasteiger partial charge in [0.05, 0.1) is 22.8 Å². The lowest BCUT2D eigenvalue weighted by Crippen LogP contribution is -2.41. The smallest absolute Gasteiger partial charge is 0.165 e. The molecule has 1 saturated carbocycles. The van der Waals surface area contributed by atoms with Gasteiger partial charge in [0.15, 0.2) is 11.6 Å². The van der Waals surface area contributed by atoms with Gasteiger partial charge in [0.2, 0.25) is 0 Å². The van der Waals surface area contributed by atoms with Crippen LogP contribution in [0.1, 0.15) is 63.4 Å². The number of aromatic hydroxyl groups is 1. The molecule has 0 spiro atoms. The molecule has 27 heavy (non-hydrogen) atoms. The number of allylic oxidation sites excluding steroid dienone is 2. The van der Waals surface area contributed by atoms with Crippen LogP contribution in [-0.4, -0.2) is 20.1 Å². The molecule has 2 aliphatic rings. The Morgan fingerprint density at radius 1 is 1.22 bits per heavy atom. The van der Waals surface area contributed by atoms with Crippen molar-refractivity contribution >= 4 is 10.9 Å². The van der Waals surface area contributed by atoms with Crippen molar-refractivity contribution in [1.29, 1.82) is 5.26 Å². The van der Waals surface area contributed by atoms with Crippen molar-refractivity contribution in [3.8, 4) is 11.8 Å². The van der Waals surface area contributed by atoms with E-state index < -0.39 is 5.82 Å². The number of phenolic OH excluding ortho intramolecular Hbond substituents is 1. The van der Waals surface area contributed by atoms with E-state index in [4.69, 9.17) is 0 Å². The SMILES string of the molecule is CC(C)(C)N1C=CC=CC1c1c(C#N)c2cc(F)c(O)cc2n1C1CCC1. The normalized spacial score (nSPS) is 20.1. The summed E-state index contributed by atoms with van der Waals surface area (Å²) in [4.78, 5) is 2.23. The van der Waals surface area contributed by atoms with E-state index in [1.165, 1.54) is 12.1 Å². The highest BCUT2D eigenvalue weighted by Crippen LogP contribution is 2.44. The molecule has 1 N–H and O–H groups in total. The number of halogens is 1. The lowest BCUT2D eigenvalue weighted by molar-refractivity contribution is 0.160. The summed E-state index contributed by atoms with van der Waals surface area (Å²) in [6, 6.07) is 5.24. The third-order valence-corrected chi connectivity index (χ3v) is 5.67. The van der Waals surface area contributed by atoms with Crippen LogP contribution < -0.4 is 0 Å². The van der Waals surface area contributed by atoms with Gasteiger partial charge in [0.25, 0.3) is 0 Å². The summed E-state index contributed by atoms with van der Waals surface area (Å²) in [6.07, 6.45) is 11.3. The number of nitrogens with zero attached hydrogens (tertiary/aromatic N) is 3. The van der Waals surface area contributed by atoms with E-state index in [0.29, 0.717) is 10.9 Å². The van der Waals surface area contributed by atoms with Gasteiger partial charge in [-0.25, -0.2) is 4.39 Å². The number of hydrogen-bond donors (Lipinski definition) is 1. The molecule has 1 fully saturated rings. The van der Waals surface area contributed by atoms with Crippen LogP contribution in [0, 0.1) is 17.1 Å². The molecule has 1 aromatic carbocycles. The van der Waals surface area contributed by atoms with Crippen LogP contribution >= 0.6 is 0 Å². The minimum Gasteiger partial charge on any atom is -0.505 e. The van der Waals surface area contributed by atoms with Crippen molar-refractivity contribution in [3.63, 3.8) is 0 Å². The number of rotatable bonds is 2. The van der Waals surface area contributed by atoms with Crippen molar-refractivity contribution in [2.24, 2.45) is 0 Å². The van der Waals surface area contributed by atoms with Gasteiger partial charge in [-0.1, -0.05) is 12.2 Å². The zero-order chi connectivity index (χ0) is 19.3. The predicted octanol–water partition coefficient (Wildman–Crippen LogP) is 5.31. The first-order valence-corrected chi connectivity index (χ1v) is 9.42. The first-order valence-electron chi connectivity index (χ1n) is 9.42. The Labute approximate surface area is 158 Å². The van der Waals surface area contributed by atoms with Crippen LogP contribution in [0.5, 0.6) is 5.75 Å². The Morgan fingerprint density at radius 2 is 1.96 bits per heavy atom. The largest absolute Gasteiger partial charge is 0.505 e. The van der Waals surface area contributed by atoms with E-state index in [0.717, 1.165) is 30.5 Å². The summed E-state index contributed by atoms with van der Waals surface area (Å²) < 4.78 is 16.3. The van der Waals surface area contributed by atoms with Gasteiger partial charge in [-0.3, -0.25) is 0 Å². The Bertz CT molecular complexity index is 999. The summed E-state index contributed by atoms with van der Waals surface area (Å²) >= 11 is 0. The van der Waals surface area contributed by atoms with Crippen LogP contribution in [0.15, 0.2) is 36.6 Å². The van der Waals surface area contributed by atoms with Gasteiger partial charge in [0, 0.05) is 29.2 Å². The van der Waals surface area contributed by atoms with Crippen molar-refractivity contribution in [3.05, 3.63) is 53.6 Å². The maximum atomic E-state index is 14.1. The molecule has 1 aliphatic heterocycles. The number of hydrogen-bond acceptors (Lipinski definition) is 3. The lowest BCUT2D eigenvalue weighted by Gasteiger charge is -2.43. The summed E-state index contributed by atoms with van der Waals surface area (Å²) in [6.45, 7) is 6.41. The van der Waals surface area contributed by atoms with Crippen molar-refractivity contribution < 1.29 is 9.50 Å². The average Bonchev–Trinajstić information content (AvgIpc) is 2.86. The minimum absolute atomic E-state index is 0.122. The molecule has 140 valence electrons. The van der Waals surface area contributed by atoms with E-state index in [2.05, 4.69) is 42.4 Å². The topological polar surface area (TPSA) is 52.2 Å². The molecule has 0 amide bonds. The lowest BCUT2D eigenvalue weighted by atomic mass is 9.91. The van der Waals surface area contributed by atoms with E-state index in [9.17, 15) is 14.8 Å². The van der Waals surface area contributed by atoms with E-state index in [1.807, 2.05) is 18.4 Å². The quantitative estimate of drug-likeness (QED) is 0.785. The molecular weight excluding hydrogens is 341 g/mol. The van der Waals surface area contributed by atoms with Crippen LogP contribution in [0.2, 0.25) is 0 Å². The van der Waals surface area contributed by atoms with Crippen molar-refractivity contribution in [1.82, 2.24) is 9.47 Å². The molecule has 1 atom stereocenters. The van der Waals surface area contributed by atoms with Crippen LogP contribution in [0.3, 0.4) is 0 Å². The molecule has 4 nitrogen and oxygen atoms in total. The Morgan fingerprint density at radius 3 is 2.56 bits per heavy atom. The second-order valence-corrected chi connectivity index (χ2v) is 8.40. The molecule has 0 bridgehead atoms. The summed E-state index contributed by atoms with van der Waals surface area (Å²) in [5, 5.41) is 20.5. The first kappa shape index (κ1) is 17.7. The molecule has 2 aromatic rings. The highest BCUT2D eigenvalue weighted by Gasteiger charge is 2.35. The highest BCUT2D eigenvalue weighted by molar-refractivity contribution is 5.90. The number of fused-ring (bicyclic) bond motifs is 1. The fourth-order valence-corrected chi connectivity index (χ4v) is 4.15. The minimum atomic E-state index is -0.692. The standard InChI is InChI=1S/C22H24FN3O/c1-22(2,3)25-10-5-4-9-18(25)21-16(13-24)15-11-17(23)20(27)12-19(15)26(21)14-7-6-8-14/h4-5,9-12,14,18,27H,6-8H2,1-3H3. The fourth-order valence-electron chi connectivity index (χ4n) is 4.15.